The van der Waals surface area contributed by atoms with E-state index in [0.29, 0.717) is 6.61 Å². The highest BCUT2D eigenvalue weighted by atomic mass is 32.1. The average Bonchev–Trinajstić information content (AvgIpc) is 3.37. The summed E-state index contributed by atoms with van der Waals surface area (Å²) < 4.78 is 8.73. The minimum Gasteiger partial charge on any atom is -0.364 e. The normalized spacial score (nSPS) is 22.8. The van der Waals surface area contributed by atoms with Crippen LogP contribution >= 0.6 is 11.3 Å². The van der Waals surface area contributed by atoms with Gasteiger partial charge in [-0.05, 0) is 41.3 Å². The minimum absolute atomic E-state index is 0.0802. The van der Waals surface area contributed by atoms with Gasteiger partial charge in [0.15, 0.2) is 0 Å². The molecule has 1 fully saturated rings. The lowest BCUT2D eigenvalue weighted by Crippen LogP contribution is -2.44. The summed E-state index contributed by atoms with van der Waals surface area (Å²) in [5.41, 5.74) is 5.06. The smallest absolute Gasteiger partial charge is 0.135 e. The molecule has 0 unspecified atom stereocenters. The monoisotopic (exact) mass is 365 g/mol. The molecule has 2 aliphatic rings. The molecule has 1 aromatic carbocycles. The van der Waals surface area contributed by atoms with Crippen molar-refractivity contribution < 1.29 is 4.74 Å². The van der Waals surface area contributed by atoms with Crippen molar-refractivity contribution in [2.45, 2.75) is 38.6 Å². The zero-order chi connectivity index (χ0) is 17.6. The zero-order valence-corrected chi connectivity index (χ0v) is 15.8. The van der Waals surface area contributed by atoms with Crippen LogP contribution < -0.4 is 0 Å². The Morgan fingerprint density at radius 1 is 1.19 bits per heavy atom. The number of hydrogen-bond donors (Lipinski definition) is 0. The van der Waals surface area contributed by atoms with Crippen LogP contribution in [-0.4, -0.2) is 33.1 Å². The lowest BCUT2D eigenvalue weighted by Gasteiger charge is -2.35. The first-order chi connectivity index (χ1) is 12.7. The van der Waals surface area contributed by atoms with Gasteiger partial charge in [0.05, 0.1) is 18.4 Å². The Kier molecular flexibility index (Phi) is 3.96. The second-order valence-corrected chi connectivity index (χ2v) is 8.36. The predicted octanol–water partition coefficient (Wildman–Crippen LogP) is 4.09. The van der Waals surface area contributed by atoms with E-state index in [1.54, 1.807) is 11.3 Å². The van der Waals surface area contributed by atoms with Gasteiger partial charge in [-0.3, -0.25) is 4.90 Å². The highest BCUT2D eigenvalue weighted by Gasteiger charge is 2.43. The van der Waals surface area contributed by atoms with Gasteiger partial charge in [-0.1, -0.05) is 29.8 Å². The van der Waals surface area contributed by atoms with E-state index in [9.17, 15) is 0 Å². The quantitative estimate of drug-likeness (QED) is 0.700. The van der Waals surface area contributed by atoms with Crippen LogP contribution in [0.15, 0.2) is 47.3 Å². The van der Waals surface area contributed by atoms with Gasteiger partial charge in [0, 0.05) is 19.6 Å². The molecular weight excluding hydrogens is 342 g/mol. The molecule has 2 aliphatic heterocycles. The number of imidazole rings is 1. The SMILES string of the molecule is Cc1ccc(-c2cnc3n2C[C@@]2(CCN(Cc4ccsc4)C2)OC3)cc1. The Morgan fingerprint density at radius 2 is 2.08 bits per heavy atom. The second kappa shape index (κ2) is 6.34. The third-order valence-electron chi connectivity index (χ3n) is 5.62. The van der Waals surface area contributed by atoms with Crippen LogP contribution in [0.2, 0.25) is 0 Å². The van der Waals surface area contributed by atoms with E-state index >= 15 is 0 Å². The lowest BCUT2D eigenvalue weighted by molar-refractivity contribution is -0.0821. The van der Waals surface area contributed by atoms with E-state index < -0.39 is 0 Å². The van der Waals surface area contributed by atoms with E-state index in [0.717, 1.165) is 38.4 Å². The fraction of sp³-hybridized carbons (Fsp3) is 0.381. The molecule has 0 aliphatic carbocycles. The van der Waals surface area contributed by atoms with Gasteiger partial charge in [0.1, 0.15) is 18.0 Å². The number of ether oxygens (including phenoxy) is 1. The summed E-state index contributed by atoms with van der Waals surface area (Å²) in [5, 5.41) is 4.40. The molecule has 0 N–H and O–H groups in total. The summed E-state index contributed by atoms with van der Waals surface area (Å²) in [6, 6.07) is 10.9. The molecular formula is C21H23N3OS. The molecule has 26 heavy (non-hydrogen) atoms. The summed E-state index contributed by atoms with van der Waals surface area (Å²) in [4.78, 5) is 7.14. The van der Waals surface area contributed by atoms with Gasteiger partial charge >= 0.3 is 0 Å². The molecule has 4 heterocycles. The van der Waals surface area contributed by atoms with E-state index in [1.165, 1.54) is 22.4 Å². The molecule has 4 nitrogen and oxygen atoms in total. The summed E-state index contributed by atoms with van der Waals surface area (Å²) in [6.45, 7) is 6.74. The van der Waals surface area contributed by atoms with Crippen LogP contribution in [0.1, 0.15) is 23.4 Å². The van der Waals surface area contributed by atoms with Crippen molar-refractivity contribution in [3.8, 4) is 11.3 Å². The molecule has 1 atom stereocenters. The molecule has 0 saturated carbocycles. The largest absolute Gasteiger partial charge is 0.364 e. The number of aryl methyl sites for hydroxylation is 1. The van der Waals surface area contributed by atoms with E-state index in [1.807, 2.05) is 6.20 Å². The van der Waals surface area contributed by atoms with Gasteiger partial charge in [0.2, 0.25) is 0 Å². The predicted molar refractivity (Wildman–Crippen MR) is 104 cm³/mol. The Balaban J connectivity index is 1.38. The second-order valence-electron chi connectivity index (χ2n) is 7.58. The number of rotatable bonds is 3. The van der Waals surface area contributed by atoms with Gasteiger partial charge in [-0.15, -0.1) is 0 Å². The standard InChI is InChI=1S/C21H23N3OS/c1-16-2-4-18(5-3-16)19-10-22-20-12-25-21(15-24(19)20)7-8-23(14-21)11-17-6-9-26-13-17/h2-6,9-10,13H,7-8,11-12,14-15H2,1H3/t21-/m0/s1. The van der Waals surface area contributed by atoms with E-state index in [-0.39, 0.29) is 5.60 Å². The first-order valence-electron chi connectivity index (χ1n) is 9.20. The molecule has 5 heteroatoms. The fourth-order valence-corrected chi connectivity index (χ4v) is 4.82. The van der Waals surface area contributed by atoms with Crippen molar-refractivity contribution in [3.63, 3.8) is 0 Å². The molecule has 3 aromatic rings. The highest BCUT2D eigenvalue weighted by molar-refractivity contribution is 7.07. The topological polar surface area (TPSA) is 30.3 Å². The number of likely N-dealkylation sites (tertiary alicyclic amines) is 1. The van der Waals surface area contributed by atoms with Crippen molar-refractivity contribution in [3.05, 3.63) is 64.2 Å². The van der Waals surface area contributed by atoms with Crippen LogP contribution in [0, 0.1) is 6.92 Å². The maximum atomic E-state index is 6.35. The molecule has 0 bridgehead atoms. The van der Waals surface area contributed by atoms with Crippen LogP contribution in [-0.2, 0) is 24.4 Å². The van der Waals surface area contributed by atoms with Gasteiger partial charge in [-0.2, -0.15) is 11.3 Å². The van der Waals surface area contributed by atoms with E-state index in [4.69, 9.17) is 4.74 Å². The molecule has 5 rings (SSSR count). The fourth-order valence-electron chi connectivity index (χ4n) is 4.16. The van der Waals surface area contributed by atoms with Crippen molar-refractivity contribution in [2.75, 3.05) is 13.1 Å². The Hall–Kier alpha value is -1.95. The Bertz CT molecular complexity index is 900. The summed E-state index contributed by atoms with van der Waals surface area (Å²) in [5.74, 6) is 1.04. The number of hydrogen-bond acceptors (Lipinski definition) is 4. The number of nitrogens with zero attached hydrogens (tertiary/aromatic N) is 3. The molecule has 134 valence electrons. The highest BCUT2D eigenvalue weighted by Crippen LogP contribution is 2.35. The first kappa shape index (κ1) is 16.2. The third kappa shape index (κ3) is 2.90. The minimum atomic E-state index is -0.0802. The van der Waals surface area contributed by atoms with Crippen molar-refractivity contribution >= 4 is 11.3 Å². The maximum Gasteiger partial charge on any atom is 0.135 e. The van der Waals surface area contributed by atoms with E-state index in [2.05, 4.69) is 62.5 Å². The van der Waals surface area contributed by atoms with Crippen LogP contribution in [0.25, 0.3) is 11.3 Å². The van der Waals surface area contributed by atoms with Crippen molar-refractivity contribution in [1.82, 2.24) is 14.5 Å². The zero-order valence-electron chi connectivity index (χ0n) is 15.0. The number of fused-ring (bicyclic) bond motifs is 1. The lowest BCUT2D eigenvalue weighted by atomic mass is 10.0. The third-order valence-corrected chi connectivity index (χ3v) is 6.35. The van der Waals surface area contributed by atoms with Crippen molar-refractivity contribution in [1.29, 1.82) is 0 Å². The number of aromatic nitrogens is 2. The maximum absolute atomic E-state index is 6.35. The molecule has 1 spiro atoms. The summed E-state index contributed by atoms with van der Waals surface area (Å²) >= 11 is 1.77. The molecule has 0 radical (unpaired) electrons. The van der Waals surface area contributed by atoms with Gasteiger partial charge in [-0.25, -0.2) is 4.98 Å². The van der Waals surface area contributed by atoms with Crippen molar-refractivity contribution in [2.24, 2.45) is 0 Å². The molecule has 0 amide bonds. The summed E-state index contributed by atoms with van der Waals surface area (Å²) in [7, 11) is 0. The van der Waals surface area contributed by atoms with Crippen LogP contribution in [0.4, 0.5) is 0 Å². The van der Waals surface area contributed by atoms with Crippen LogP contribution in [0.5, 0.6) is 0 Å². The Labute approximate surface area is 158 Å². The number of benzene rings is 1. The molecule has 2 aromatic heterocycles. The average molecular weight is 366 g/mol. The van der Waals surface area contributed by atoms with Gasteiger partial charge in [0.25, 0.3) is 0 Å². The Morgan fingerprint density at radius 3 is 2.88 bits per heavy atom. The first-order valence-corrected chi connectivity index (χ1v) is 10.1. The summed E-state index contributed by atoms with van der Waals surface area (Å²) in [6.07, 6.45) is 3.09. The van der Waals surface area contributed by atoms with Crippen LogP contribution in [0.3, 0.4) is 0 Å². The van der Waals surface area contributed by atoms with Gasteiger partial charge < -0.3 is 9.30 Å². The molecule has 1 saturated heterocycles. The number of thiophene rings is 1.